The van der Waals surface area contributed by atoms with Crippen LogP contribution in [0.4, 0.5) is 4.79 Å². The van der Waals surface area contributed by atoms with Crippen LogP contribution in [0.5, 0.6) is 5.75 Å². The maximum Gasteiger partial charge on any atom is 0.407 e. The Hall–Kier alpha value is -1.87. The minimum atomic E-state index is -3.90. The predicted octanol–water partition coefficient (Wildman–Crippen LogP) is 4.95. The van der Waals surface area contributed by atoms with Crippen LogP contribution in [0.3, 0.4) is 0 Å². The zero-order valence-corrected chi connectivity index (χ0v) is 29.4. The van der Waals surface area contributed by atoms with E-state index in [1.54, 1.807) is 12.1 Å². The molecular weight excluding hydrogens is 679 g/mol. The molecular formula is C31H43Cl3N4O7S. The van der Waals surface area contributed by atoms with Gasteiger partial charge in [0, 0.05) is 47.4 Å². The Bertz CT molecular complexity index is 1460. The molecule has 2 aromatic rings. The Morgan fingerprint density at radius 1 is 1.04 bits per heavy atom. The molecule has 1 saturated heterocycles. The molecule has 1 aliphatic carbocycles. The topological polar surface area (TPSA) is 141 Å². The van der Waals surface area contributed by atoms with Crippen LogP contribution in [-0.4, -0.2) is 89.7 Å². The lowest BCUT2D eigenvalue weighted by Crippen LogP contribution is -2.53. The van der Waals surface area contributed by atoms with E-state index in [9.17, 15) is 13.2 Å². The molecule has 11 nitrogen and oxygen atoms in total. The van der Waals surface area contributed by atoms with E-state index in [0.29, 0.717) is 55.1 Å². The smallest absolute Gasteiger partial charge is 0.407 e. The van der Waals surface area contributed by atoms with Gasteiger partial charge in [-0.15, -0.1) is 0 Å². The molecule has 0 radical (unpaired) electrons. The SMILES string of the molecule is CC(C)(C)OC(=O)N[C@@H]1CCCN([C@H]2Cc3c(Cl)cc(Cl)cc3[C@@H]2Oc2ccc(S(=O)(=O)NCCOCCOCCN)c(Cl)c2)C1. The third-order valence-electron chi connectivity index (χ3n) is 7.54. The maximum absolute atomic E-state index is 13.0. The van der Waals surface area contributed by atoms with Gasteiger partial charge in [-0.1, -0.05) is 34.8 Å². The van der Waals surface area contributed by atoms with Crippen molar-refractivity contribution in [3.8, 4) is 5.75 Å². The summed E-state index contributed by atoms with van der Waals surface area (Å²) in [5.74, 6) is 0.393. The molecule has 1 fully saturated rings. The number of alkyl carbamates (subject to hydrolysis) is 1. The van der Waals surface area contributed by atoms with E-state index in [-0.39, 0.29) is 35.2 Å². The Kier molecular flexibility index (Phi) is 13.3. The van der Waals surface area contributed by atoms with Crippen LogP contribution in [-0.2, 0) is 30.7 Å². The van der Waals surface area contributed by atoms with E-state index >= 15 is 0 Å². The number of halogens is 3. The average Bonchev–Trinajstić information content (AvgIpc) is 3.31. The highest BCUT2D eigenvalue weighted by Gasteiger charge is 2.41. The van der Waals surface area contributed by atoms with Crippen molar-refractivity contribution < 1.29 is 32.2 Å². The minimum Gasteiger partial charge on any atom is -0.484 e. The molecule has 0 aromatic heterocycles. The van der Waals surface area contributed by atoms with Crippen molar-refractivity contribution in [2.45, 2.75) is 68.7 Å². The number of carbonyl (C=O) groups is 1. The number of nitrogens with two attached hydrogens (primary N) is 1. The van der Waals surface area contributed by atoms with Gasteiger partial charge in [-0.05, 0) is 76.4 Å². The number of likely N-dealkylation sites (tertiary alicyclic amines) is 1. The summed E-state index contributed by atoms with van der Waals surface area (Å²) in [6, 6.07) is 7.83. The molecule has 0 spiro atoms. The summed E-state index contributed by atoms with van der Waals surface area (Å²) in [5.41, 5.74) is 6.56. The number of nitrogens with one attached hydrogen (secondary N) is 2. The summed E-state index contributed by atoms with van der Waals surface area (Å²) in [5, 5.41) is 4.06. The molecule has 4 N–H and O–H groups in total. The first-order valence-electron chi connectivity index (χ1n) is 15.3. The van der Waals surface area contributed by atoms with Crippen LogP contribution >= 0.6 is 34.8 Å². The number of rotatable bonds is 14. The number of carbonyl (C=O) groups excluding carboxylic acids is 1. The molecule has 4 rings (SSSR count). The van der Waals surface area contributed by atoms with Gasteiger partial charge in [0.25, 0.3) is 0 Å². The molecule has 15 heteroatoms. The van der Waals surface area contributed by atoms with E-state index < -0.39 is 27.8 Å². The van der Waals surface area contributed by atoms with E-state index in [1.807, 2.05) is 26.8 Å². The Balaban J connectivity index is 1.46. The summed E-state index contributed by atoms with van der Waals surface area (Å²) in [6.07, 6.45) is 1.38. The summed E-state index contributed by atoms with van der Waals surface area (Å²) >= 11 is 19.6. The fraction of sp³-hybridized carbons (Fsp3) is 0.581. The molecule has 2 aromatic carbocycles. The predicted molar refractivity (Wildman–Crippen MR) is 179 cm³/mol. The van der Waals surface area contributed by atoms with Crippen LogP contribution in [0.2, 0.25) is 15.1 Å². The average molecular weight is 722 g/mol. The van der Waals surface area contributed by atoms with Crippen molar-refractivity contribution in [1.29, 1.82) is 0 Å². The minimum absolute atomic E-state index is 0.0135. The van der Waals surface area contributed by atoms with Gasteiger partial charge in [-0.3, -0.25) is 4.90 Å². The van der Waals surface area contributed by atoms with Crippen molar-refractivity contribution in [2.24, 2.45) is 5.73 Å². The normalized spacial score (nSPS) is 20.4. The lowest BCUT2D eigenvalue weighted by Gasteiger charge is -2.39. The number of nitrogens with zero attached hydrogens (tertiary/aromatic N) is 1. The zero-order chi connectivity index (χ0) is 33.5. The first kappa shape index (κ1) is 37.0. The lowest BCUT2D eigenvalue weighted by atomic mass is 10.0. The highest BCUT2D eigenvalue weighted by Crippen LogP contribution is 2.43. The van der Waals surface area contributed by atoms with Crippen molar-refractivity contribution in [3.63, 3.8) is 0 Å². The third kappa shape index (κ3) is 10.3. The van der Waals surface area contributed by atoms with Gasteiger partial charge < -0.3 is 30.0 Å². The van der Waals surface area contributed by atoms with E-state index in [0.717, 1.165) is 30.5 Å². The molecule has 46 heavy (non-hydrogen) atoms. The number of hydrogen-bond acceptors (Lipinski definition) is 9. The quantitative estimate of drug-likeness (QED) is 0.231. The second kappa shape index (κ2) is 16.5. The van der Waals surface area contributed by atoms with Crippen molar-refractivity contribution in [2.75, 3.05) is 52.6 Å². The summed E-state index contributed by atoms with van der Waals surface area (Å²) in [4.78, 5) is 14.7. The largest absolute Gasteiger partial charge is 0.484 e. The Morgan fingerprint density at radius 2 is 1.78 bits per heavy atom. The van der Waals surface area contributed by atoms with Gasteiger partial charge in [0.2, 0.25) is 10.0 Å². The van der Waals surface area contributed by atoms with E-state index in [4.69, 9.17) is 59.5 Å². The van der Waals surface area contributed by atoms with Crippen LogP contribution < -0.4 is 20.5 Å². The summed E-state index contributed by atoms with van der Waals surface area (Å²) < 4.78 is 51.1. The molecule has 1 aliphatic heterocycles. The van der Waals surface area contributed by atoms with Crippen LogP contribution in [0.1, 0.15) is 50.8 Å². The molecule has 0 saturated carbocycles. The number of benzene rings is 2. The number of fused-ring (bicyclic) bond motifs is 1. The zero-order valence-electron chi connectivity index (χ0n) is 26.3. The van der Waals surface area contributed by atoms with Gasteiger partial charge in [0.15, 0.2) is 0 Å². The van der Waals surface area contributed by atoms with Crippen molar-refractivity contribution in [1.82, 2.24) is 14.9 Å². The molecule has 0 unspecified atom stereocenters. The fourth-order valence-corrected chi connectivity index (χ4v) is 7.76. The molecule has 1 amide bonds. The highest BCUT2D eigenvalue weighted by atomic mass is 35.5. The second-order valence-corrected chi connectivity index (χ2v) is 15.2. The summed E-state index contributed by atoms with van der Waals surface area (Å²) in [6.45, 7) is 8.69. The molecule has 256 valence electrons. The second-order valence-electron chi connectivity index (χ2n) is 12.2. The lowest BCUT2D eigenvalue weighted by molar-refractivity contribution is 0.0362. The molecule has 1 heterocycles. The van der Waals surface area contributed by atoms with Gasteiger partial charge >= 0.3 is 6.09 Å². The standard InChI is InChI=1S/C31H43Cl3N4O7S/c1-31(2,3)45-30(39)37-21-5-4-10-38(19-21)27-18-23-24(15-20(32)16-25(23)33)29(27)44-22-6-7-28(26(34)17-22)46(40,41)36-9-12-43-14-13-42-11-8-35/h6-7,15-17,21,27,29,36H,4-5,8-14,18-19,35H2,1-3H3,(H,37,39)/t21-,27+,29+/m1/s1. The van der Waals surface area contributed by atoms with Crippen molar-refractivity contribution in [3.05, 3.63) is 56.5 Å². The van der Waals surface area contributed by atoms with Crippen molar-refractivity contribution >= 4 is 50.9 Å². The highest BCUT2D eigenvalue weighted by molar-refractivity contribution is 7.89. The van der Waals surface area contributed by atoms with E-state index in [2.05, 4.69) is 14.9 Å². The van der Waals surface area contributed by atoms with Crippen LogP contribution in [0.25, 0.3) is 0 Å². The molecule has 2 aliphatic rings. The number of piperidine rings is 1. The van der Waals surface area contributed by atoms with E-state index in [1.165, 1.54) is 12.1 Å². The first-order valence-corrected chi connectivity index (χ1v) is 17.9. The third-order valence-corrected chi connectivity index (χ3v) is 10.0. The monoisotopic (exact) mass is 720 g/mol. The van der Waals surface area contributed by atoms with Gasteiger partial charge in [0.05, 0.1) is 37.5 Å². The number of sulfonamides is 1. The van der Waals surface area contributed by atoms with Gasteiger partial charge in [-0.2, -0.15) is 0 Å². The van der Waals surface area contributed by atoms with Crippen LogP contribution in [0, 0.1) is 0 Å². The number of ether oxygens (including phenoxy) is 4. The summed E-state index contributed by atoms with van der Waals surface area (Å²) in [7, 11) is -3.90. The Labute approximate surface area is 286 Å². The van der Waals surface area contributed by atoms with Gasteiger partial charge in [-0.25, -0.2) is 17.9 Å². The van der Waals surface area contributed by atoms with Gasteiger partial charge in [0.1, 0.15) is 22.4 Å². The molecule has 0 bridgehead atoms. The number of hydrogen-bond donors (Lipinski definition) is 3. The Morgan fingerprint density at radius 3 is 2.48 bits per heavy atom. The molecule has 3 atom stereocenters. The fourth-order valence-electron chi connectivity index (χ4n) is 5.63. The number of amides is 1. The first-order chi connectivity index (χ1) is 21.8. The maximum atomic E-state index is 13.0. The van der Waals surface area contributed by atoms with Crippen LogP contribution in [0.15, 0.2) is 35.2 Å².